The van der Waals surface area contributed by atoms with E-state index in [4.69, 9.17) is 24.4 Å². The maximum Gasteiger partial charge on any atom is 0.266 e. The molecule has 0 radical (unpaired) electrons. The van der Waals surface area contributed by atoms with Gasteiger partial charge in [-0.3, -0.25) is 4.79 Å². The van der Waals surface area contributed by atoms with Gasteiger partial charge < -0.3 is 55.1 Å². The van der Waals surface area contributed by atoms with Gasteiger partial charge >= 0.3 is 0 Å². The second-order valence-corrected chi connectivity index (χ2v) is 9.64. The molecule has 2 saturated heterocycles. The molecular formula is C19H27NO14S. The summed E-state index contributed by atoms with van der Waals surface area (Å²) in [6.45, 7) is -2.32. The summed E-state index contributed by atoms with van der Waals surface area (Å²) < 4.78 is 39.6. The summed E-state index contributed by atoms with van der Waals surface area (Å²) in [5, 5.41) is 76.7. The molecule has 15 nitrogen and oxygen atoms in total. The summed E-state index contributed by atoms with van der Waals surface area (Å²) in [5.41, 5.74) is 0.220. The molecule has 3 aliphatic heterocycles. The van der Waals surface area contributed by atoms with Gasteiger partial charge in [0.1, 0.15) is 54.2 Å². The molecule has 0 aromatic heterocycles. The van der Waals surface area contributed by atoms with E-state index in [1.165, 1.54) is 12.1 Å². The third kappa shape index (κ3) is 5.19. The first kappa shape index (κ1) is 27.8. The Kier molecular flexibility index (Phi) is 8.47. The average Bonchev–Trinajstić information content (AvgIpc) is 3.23. The summed E-state index contributed by atoms with van der Waals surface area (Å²) in [5.74, 6) is -2.77. The van der Waals surface area contributed by atoms with Crippen LogP contribution >= 0.6 is 0 Å². The first-order chi connectivity index (χ1) is 16.4. The number of hydrogen-bond acceptors (Lipinski definition) is 14. The van der Waals surface area contributed by atoms with Crippen LogP contribution in [0.4, 0.5) is 0 Å². The third-order valence-corrected chi connectivity index (χ3v) is 7.11. The molecule has 198 valence electrons. The van der Waals surface area contributed by atoms with Crippen LogP contribution < -0.4 is 4.72 Å². The van der Waals surface area contributed by atoms with Crippen LogP contribution in [-0.4, -0.2) is 130 Å². The lowest BCUT2D eigenvalue weighted by atomic mass is 9.99. The molecule has 16 heteroatoms. The standard InChI is InChI=1S/C12H22O11.C7H5NO3S/c13-1-4-6(16)8(18)9(19)11(21-4)23-12(3-15)10(20)7(17)5(2-14)22-12;9-7-5-3-1-2-4-6(5)12(10,11)8-7/h4-11,13-20H,1-3H2;1-4H,(H,8,9)/t4-,5-,6-,7-,8+,9-,10+,11-,12+;/m1./s1. The minimum absolute atomic E-state index is 0.0648. The van der Waals surface area contributed by atoms with Crippen LogP contribution in [0.2, 0.25) is 0 Å². The van der Waals surface area contributed by atoms with E-state index in [2.05, 4.69) is 0 Å². The van der Waals surface area contributed by atoms with Crippen LogP contribution in [0.3, 0.4) is 0 Å². The molecule has 2 fully saturated rings. The van der Waals surface area contributed by atoms with E-state index in [0.29, 0.717) is 0 Å². The molecule has 0 saturated carbocycles. The summed E-state index contributed by atoms with van der Waals surface area (Å²) in [7, 11) is -3.55. The quantitative estimate of drug-likeness (QED) is 0.174. The van der Waals surface area contributed by atoms with Gasteiger partial charge in [0.15, 0.2) is 6.29 Å². The number of aliphatic hydroxyl groups excluding tert-OH is 8. The van der Waals surface area contributed by atoms with E-state index in [1.807, 2.05) is 4.72 Å². The van der Waals surface area contributed by atoms with E-state index in [-0.39, 0.29) is 10.5 Å². The maximum atomic E-state index is 11.1. The van der Waals surface area contributed by atoms with Gasteiger partial charge in [-0.15, -0.1) is 0 Å². The van der Waals surface area contributed by atoms with Crippen molar-refractivity contribution < 1.29 is 68.3 Å². The van der Waals surface area contributed by atoms with Crippen molar-refractivity contribution in [1.29, 1.82) is 0 Å². The molecule has 0 bridgehead atoms. The minimum atomic E-state index is -3.55. The molecule has 1 aromatic carbocycles. The Morgan fingerprint density at radius 2 is 1.54 bits per heavy atom. The largest absolute Gasteiger partial charge is 0.394 e. The van der Waals surface area contributed by atoms with E-state index in [0.717, 1.165) is 0 Å². The molecule has 35 heavy (non-hydrogen) atoms. The molecule has 0 aliphatic carbocycles. The molecule has 3 heterocycles. The van der Waals surface area contributed by atoms with Gasteiger partial charge in [-0.2, -0.15) is 0 Å². The topological polar surface area (TPSA) is 253 Å². The van der Waals surface area contributed by atoms with Crippen molar-refractivity contribution >= 4 is 15.9 Å². The second-order valence-electron chi connectivity index (χ2n) is 7.99. The van der Waals surface area contributed by atoms with E-state index >= 15 is 0 Å². The molecular weight excluding hydrogens is 498 g/mol. The van der Waals surface area contributed by atoms with Crippen LogP contribution in [0.1, 0.15) is 10.4 Å². The predicted octanol–water partition coefficient (Wildman–Crippen LogP) is -5.28. The van der Waals surface area contributed by atoms with Gasteiger partial charge in [0.25, 0.3) is 15.9 Å². The number of hydrogen-bond donors (Lipinski definition) is 9. The predicted molar refractivity (Wildman–Crippen MR) is 110 cm³/mol. The minimum Gasteiger partial charge on any atom is -0.394 e. The molecule has 0 spiro atoms. The third-order valence-electron chi connectivity index (χ3n) is 5.72. The summed E-state index contributed by atoms with van der Waals surface area (Å²) >= 11 is 0. The van der Waals surface area contributed by atoms with Gasteiger partial charge in [-0.1, -0.05) is 12.1 Å². The number of benzene rings is 1. The zero-order valence-electron chi connectivity index (χ0n) is 18.0. The van der Waals surface area contributed by atoms with Crippen LogP contribution in [-0.2, 0) is 24.2 Å². The number of sulfonamides is 1. The summed E-state index contributed by atoms with van der Waals surface area (Å²) in [4.78, 5) is 11.1. The van der Waals surface area contributed by atoms with E-state index in [9.17, 15) is 43.9 Å². The molecule has 9 N–H and O–H groups in total. The van der Waals surface area contributed by atoms with Crippen LogP contribution in [0.15, 0.2) is 29.2 Å². The van der Waals surface area contributed by atoms with Gasteiger partial charge in [0.05, 0.1) is 18.8 Å². The van der Waals surface area contributed by atoms with Crippen molar-refractivity contribution in [3.63, 3.8) is 0 Å². The number of ether oxygens (including phenoxy) is 3. The normalized spacial score (nSPS) is 39.9. The Morgan fingerprint density at radius 1 is 0.914 bits per heavy atom. The van der Waals surface area contributed by atoms with Gasteiger partial charge in [-0.25, -0.2) is 13.1 Å². The van der Waals surface area contributed by atoms with Gasteiger partial charge in [-0.05, 0) is 12.1 Å². The lowest BCUT2D eigenvalue weighted by Gasteiger charge is -2.43. The van der Waals surface area contributed by atoms with Crippen LogP contribution in [0.25, 0.3) is 0 Å². The van der Waals surface area contributed by atoms with Crippen molar-refractivity contribution in [1.82, 2.24) is 4.72 Å². The Bertz CT molecular complexity index is 1010. The molecule has 0 unspecified atom stereocenters. The van der Waals surface area contributed by atoms with Crippen molar-refractivity contribution in [3.8, 4) is 0 Å². The van der Waals surface area contributed by atoms with Crippen molar-refractivity contribution in [2.75, 3.05) is 19.8 Å². The molecule has 9 atom stereocenters. The Labute approximate surface area is 198 Å². The van der Waals surface area contributed by atoms with Gasteiger partial charge in [0, 0.05) is 0 Å². The van der Waals surface area contributed by atoms with Crippen LogP contribution in [0.5, 0.6) is 0 Å². The van der Waals surface area contributed by atoms with Crippen molar-refractivity contribution in [2.45, 2.75) is 59.7 Å². The van der Waals surface area contributed by atoms with Crippen molar-refractivity contribution in [3.05, 3.63) is 29.8 Å². The fourth-order valence-electron chi connectivity index (χ4n) is 3.75. The SMILES string of the molecule is O=C1NS(=O)(=O)c2ccccc21.OC[C@H]1O[C@@](CO)(O[C@H]2O[C@H](CO)[C@@H](O)[C@H](O)[C@H]2O)[C@@H](O)[C@@H]1O. The molecule has 4 rings (SSSR count). The Morgan fingerprint density at radius 3 is 2.09 bits per heavy atom. The molecule has 1 aromatic rings. The highest BCUT2D eigenvalue weighted by atomic mass is 32.2. The second kappa shape index (κ2) is 10.7. The fraction of sp³-hybridized carbons (Fsp3) is 0.632. The zero-order valence-corrected chi connectivity index (χ0v) is 18.8. The first-order valence-corrected chi connectivity index (χ1v) is 11.8. The Balaban J connectivity index is 0.000000237. The zero-order chi connectivity index (χ0) is 26.1. The lowest BCUT2D eigenvalue weighted by molar-refractivity contribution is -0.383. The van der Waals surface area contributed by atoms with E-state index < -0.39 is 90.6 Å². The summed E-state index contributed by atoms with van der Waals surface area (Å²) in [6, 6.07) is 6.09. The maximum absolute atomic E-state index is 11.1. The van der Waals surface area contributed by atoms with Crippen molar-refractivity contribution in [2.24, 2.45) is 0 Å². The fourth-order valence-corrected chi connectivity index (χ4v) is 4.92. The molecule has 3 aliphatic rings. The number of rotatable bonds is 5. The average molecular weight is 525 g/mol. The highest BCUT2D eigenvalue weighted by molar-refractivity contribution is 7.90. The monoisotopic (exact) mass is 525 g/mol. The highest BCUT2D eigenvalue weighted by Crippen LogP contribution is 2.35. The van der Waals surface area contributed by atoms with E-state index in [1.54, 1.807) is 12.1 Å². The number of amides is 1. The molecule has 1 amide bonds. The number of nitrogens with one attached hydrogen (secondary N) is 1. The number of fused-ring (bicyclic) bond motifs is 1. The van der Waals surface area contributed by atoms with Crippen LogP contribution in [0, 0.1) is 0 Å². The lowest BCUT2D eigenvalue weighted by Crippen LogP contribution is -2.62. The van der Waals surface area contributed by atoms with Gasteiger partial charge in [0.2, 0.25) is 5.79 Å². The number of carbonyl (C=O) groups excluding carboxylic acids is 1. The number of carbonyl (C=O) groups is 1. The Hall–Kier alpha value is -1.80. The highest BCUT2D eigenvalue weighted by Gasteiger charge is 2.58. The first-order valence-electron chi connectivity index (χ1n) is 10.3. The number of aliphatic hydroxyl groups is 8. The summed E-state index contributed by atoms with van der Waals surface area (Å²) in [6.07, 6.45) is -12.7. The smallest absolute Gasteiger partial charge is 0.266 e.